The Hall–Kier alpha value is -3.85. The molecule has 37 heavy (non-hydrogen) atoms. The van der Waals surface area contributed by atoms with Gasteiger partial charge in [0.25, 0.3) is 11.5 Å². The van der Waals surface area contributed by atoms with Crippen molar-refractivity contribution in [1.82, 2.24) is 14.6 Å². The number of fused-ring (bicyclic) bond motifs is 1. The highest BCUT2D eigenvalue weighted by Gasteiger charge is 2.25. The maximum Gasteiger partial charge on any atom is 0.285 e. The van der Waals surface area contributed by atoms with Crippen LogP contribution in [-0.4, -0.2) is 35.8 Å². The summed E-state index contributed by atoms with van der Waals surface area (Å²) in [5, 5.41) is 5.88. The van der Waals surface area contributed by atoms with Crippen LogP contribution in [-0.2, 0) is 9.71 Å². The largest absolute Gasteiger partial charge is 0.320 e. The molecule has 1 fully saturated rings. The first-order valence-electron chi connectivity index (χ1n) is 12.5. The maximum atomic E-state index is 13.5. The first-order valence-corrected chi connectivity index (χ1v) is 14.3. The van der Waals surface area contributed by atoms with Crippen LogP contribution in [0.3, 0.4) is 0 Å². The Labute approximate surface area is 216 Å². The number of carbonyl (C=O) groups is 1. The average molecular weight is 518 g/mol. The molecule has 3 N–H and O–H groups in total. The molecule has 1 aliphatic carbocycles. The number of hydrogen-bond acceptors (Lipinski definition) is 4. The topological polar surface area (TPSA) is 108 Å². The third kappa shape index (κ3) is 4.79. The monoisotopic (exact) mass is 517 g/mol. The highest BCUT2D eigenvalue weighted by Crippen LogP contribution is 2.29. The van der Waals surface area contributed by atoms with E-state index in [1.54, 1.807) is 31.2 Å². The lowest BCUT2D eigenvalue weighted by Gasteiger charge is -2.27. The van der Waals surface area contributed by atoms with E-state index < -0.39 is 21.2 Å². The van der Waals surface area contributed by atoms with Crippen molar-refractivity contribution in [3.05, 3.63) is 81.9 Å². The number of aromatic nitrogens is 3. The average Bonchev–Trinajstić information content (AvgIpc) is 3.22. The fraction of sp³-hybridized carbons (Fsp3) is 0.286. The number of para-hydroxylation sites is 2. The van der Waals surface area contributed by atoms with Crippen LogP contribution in [0.5, 0.6) is 0 Å². The number of amides is 1. The molecular weight excluding hydrogens is 486 g/mol. The van der Waals surface area contributed by atoms with E-state index >= 15 is 0 Å². The minimum Gasteiger partial charge on any atom is -0.320 e. The summed E-state index contributed by atoms with van der Waals surface area (Å²) in [5.74, 6) is 3.42. The van der Waals surface area contributed by atoms with Gasteiger partial charge in [0.05, 0.1) is 17.1 Å². The zero-order valence-corrected chi connectivity index (χ0v) is 21.9. The van der Waals surface area contributed by atoms with Crippen molar-refractivity contribution in [2.24, 2.45) is 0 Å². The molecule has 1 aliphatic rings. The van der Waals surface area contributed by atoms with Gasteiger partial charge in [0, 0.05) is 26.2 Å². The maximum absolute atomic E-state index is 13.5. The lowest BCUT2D eigenvalue weighted by atomic mass is 10.0. The summed E-state index contributed by atoms with van der Waals surface area (Å²) in [6, 6.07) is 16.7. The first kappa shape index (κ1) is 24.8. The van der Waals surface area contributed by atoms with Gasteiger partial charge in [0.1, 0.15) is 5.56 Å². The van der Waals surface area contributed by atoms with Crippen molar-refractivity contribution in [3.63, 3.8) is 0 Å². The molecule has 192 valence electrons. The summed E-state index contributed by atoms with van der Waals surface area (Å²) in [4.78, 5) is 31.5. The molecule has 8 nitrogen and oxygen atoms in total. The lowest BCUT2D eigenvalue weighted by Crippen LogP contribution is -2.31. The smallest absolute Gasteiger partial charge is 0.285 e. The summed E-state index contributed by atoms with van der Waals surface area (Å²) >= 11 is 0. The molecule has 9 heteroatoms. The minimum atomic E-state index is -2.62. The predicted octanol–water partition coefficient (Wildman–Crippen LogP) is 4.93. The van der Waals surface area contributed by atoms with Gasteiger partial charge in [-0.15, -0.1) is 0 Å². The van der Waals surface area contributed by atoms with E-state index in [1.165, 1.54) is 4.52 Å². The number of rotatable bonds is 6. The van der Waals surface area contributed by atoms with E-state index in [2.05, 4.69) is 26.0 Å². The number of hydrogen-bond donors (Lipinski definition) is 3. The minimum absolute atomic E-state index is 0.0153. The highest BCUT2D eigenvalue weighted by atomic mass is 32.2. The number of carbonyl (C=O) groups excluding carboxylic acids is 1. The van der Waals surface area contributed by atoms with Crippen LogP contribution in [0, 0.1) is 13.8 Å². The summed E-state index contributed by atoms with van der Waals surface area (Å²) in [6.07, 6.45) is 4.97. The Morgan fingerprint density at radius 2 is 1.68 bits per heavy atom. The van der Waals surface area contributed by atoms with Gasteiger partial charge in [0.15, 0.2) is 5.65 Å². The van der Waals surface area contributed by atoms with Crippen LogP contribution in [0.2, 0.25) is 0 Å². The number of H-pyrrole nitrogens is 1. The molecule has 2 heterocycles. The molecule has 1 atom stereocenters. The summed E-state index contributed by atoms with van der Waals surface area (Å²) in [6.45, 7) is 3.53. The van der Waals surface area contributed by atoms with Gasteiger partial charge >= 0.3 is 0 Å². The van der Waals surface area contributed by atoms with Crippen molar-refractivity contribution in [3.8, 4) is 11.1 Å². The molecule has 2 aromatic heterocycles. The first-order chi connectivity index (χ1) is 17.8. The third-order valence-electron chi connectivity index (χ3n) is 6.98. The van der Waals surface area contributed by atoms with Crippen LogP contribution >= 0.6 is 0 Å². The third-order valence-corrected chi connectivity index (χ3v) is 9.09. The van der Waals surface area contributed by atoms with Crippen molar-refractivity contribution in [1.29, 1.82) is 0 Å². The molecule has 2 aromatic carbocycles. The van der Waals surface area contributed by atoms with Crippen molar-refractivity contribution in [2.45, 2.75) is 51.2 Å². The number of nitrogens with zero attached hydrogens (tertiary/aromatic N) is 2. The molecule has 0 spiro atoms. The van der Waals surface area contributed by atoms with Crippen LogP contribution in [0.1, 0.15) is 53.8 Å². The molecule has 0 aliphatic heterocycles. The second-order valence-electron chi connectivity index (χ2n) is 9.60. The van der Waals surface area contributed by atoms with Crippen LogP contribution in [0.15, 0.2) is 59.4 Å². The molecule has 4 aromatic rings. The van der Waals surface area contributed by atoms with E-state index in [1.807, 2.05) is 37.3 Å². The van der Waals surface area contributed by atoms with E-state index in [9.17, 15) is 13.8 Å². The van der Waals surface area contributed by atoms with Crippen molar-refractivity contribution in [2.75, 3.05) is 10.0 Å². The summed E-state index contributed by atoms with van der Waals surface area (Å²) in [5.41, 5.74) is 3.70. The summed E-state index contributed by atoms with van der Waals surface area (Å²) < 4.78 is 17.8. The lowest BCUT2D eigenvalue weighted by molar-refractivity contribution is 0.102. The van der Waals surface area contributed by atoms with Crippen molar-refractivity contribution < 1.29 is 9.00 Å². The Morgan fingerprint density at radius 3 is 2.38 bits per heavy atom. The zero-order valence-electron chi connectivity index (χ0n) is 21.0. The fourth-order valence-electron chi connectivity index (χ4n) is 5.08. The Balaban J connectivity index is 1.48. The Morgan fingerprint density at radius 1 is 1.03 bits per heavy atom. The molecule has 0 radical (unpaired) electrons. The zero-order chi connectivity index (χ0) is 26.2. The Bertz CT molecular complexity index is 1630. The molecule has 1 saturated carbocycles. The van der Waals surface area contributed by atoms with Gasteiger partial charge in [-0.05, 0) is 50.3 Å². The van der Waals surface area contributed by atoms with Crippen LogP contribution in [0.4, 0.5) is 11.4 Å². The number of anilines is 2. The highest BCUT2D eigenvalue weighted by molar-refractivity contribution is 8.02. The molecule has 0 bridgehead atoms. The second-order valence-corrected chi connectivity index (χ2v) is 11.9. The number of benzene rings is 2. The molecular formula is C28H31N5O3S. The van der Waals surface area contributed by atoms with Gasteiger partial charge in [0.2, 0.25) is 0 Å². The number of nitrogens with one attached hydrogen (secondary N) is 3. The van der Waals surface area contributed by atoms with Crippen molar-refractivity contribution >= 4 is 38.5 Å². The van der Waals surface area contributed by atoms with Crippen LogP contribution in [0.25, 0.3) is 16.8 Å². The predicted molar refractivity (Wildman–Crippen MR) is 151 cm³/mol. The van der Waals surface area contributed by atoms with Gasteiger partial charge < -0.3 is 10.0 Å². The molecule has 1 amide bonds. The van der Waals surface area contributed by atoms with E-state index in [0.29, 0.717) is 22.7 Å². The van der Waals surface area contributed by atoms with Gasteiger partial charge in [-0.3, -0.25) is 14.7 Å². The van der Waals surface area contributed by atoms with E-state index in [-0.39, 0.29) is 10.8 Å². The van der Waals surface area contributed by atoms with E-state index in [0.717, 1.165) is 48.9 Å². The van der Waals surface area contributed by atoms with Gasteiger partial charge in [-0.25, -0.2) is 13.7 Å². The standard InChI is InChI=1S/C28H31N5O3S/c1-18-25(28(35)33-26(29-18)24(19(2)31-33)20-12-6-4-7-13-20)27(34)30-22-16-10-11-17-23(22)32-37(3,36)21-14-8-5-9-15-21/h4,6-7,10-13,16-17,21,31H,3,5,8-9,14-15H2,1-2H3,(H,30,34)(H,32,36). The second kappa shape index (κ2) is 9.89. The summed E-state index contributed by atoms with van der Waals surface area (Å²) in [7, 11) is -2.62. The molecule has 0 saturated heterocycles. The quantitative estimate of drug-likeness (QED) is 0.315. The number of aryl methyl sites for hydroxylation is 2. The SMILES string of the molecule is C=S(=O)(Nc1ccccc1NC(=O)c1c(C)nc2c(-c3ccccc3)c(C)[nH]n2c1=O)C1CCCCC1. The normalized spacial score (nSPS) is 15.8. The van der Waals surface area contributed by atoms with Crippen LogP contribution < -0.4 is 15.6 Å². The molecule has 5 rings (SSSR count). The van der Waals surface area contributed by atoms with Gasteiger partial charge in [-0.1, -0.05) is 61.7 Å². The molecule has 1 unspecified atom stereocenters. The number of aromatic amines is 1. The Kier molecular flexibility index (Phi) is 6.64. The van der Waals surface area contributed by atoms with Gasteiger partial charge in [-0.2, -0.15) is 0 Å². The fourth-order valence-corrected chi connectivity index (χ4v) is 6.90. The van der Waals surface area contributed by atoms with E-state index in [4.69, 9.17) is 0 Å².